The molecule has 8 heteroatoms. The third-order valence-corrected chi connectivity index (χ3v) is 4.94. The van der Waals surface area contributed by atoms with Gasteiger partial charge in [-0.15, -0.1) is 0 Å². The molecule has 160 valence electrons. The lowest BCUT2D eigenvalue weighted by Crippen LogP contribution is -2.29. The summed E-state index contributed by atoms with van der Waals surface area (Å²) in [6.07, 6.45) is 4.71. The van der Waals surface area contributed by atoms with Crippen LogP contribution in [-0.2, 0) is 0 Å². The number of carbonyl (C=O) groups excluding carboxylic acids is 2. The Morgan fingerprint density at radius 1 is 0.938 bits per heavy atom. The number of fused-ring (bicyclic) bond motifs is 1. The molecular formula is C24H20N4O4. The zero-order chi connectivity index (χ0) is 21.9. The van der Waals surface area contributed by atoms with Crippen LogP contribution >= 0.6 is 0 Å². The second-order valence-electron chi connectivity index (χ2n) is 7.44. The molecule has 0 spiro atoms. The maximum atomic E-state index is 12.4. The van der Waals surface area contributed by atoms with Crippen LogP contribution in [0.1, 0.15) is 12.8 Å². The number of hydrogen-bond donors (Lipinski definition) is 2. The van der Waals surface area contributed by atoms with Gasteiger partial charge in [0.05, 0.1) is 5.52 Å². The average Bonchev–Trinajstić information content (AvgIpc) is 3.50. The van der Waals surface area contributed by atoms with Crippen LogP contribution in [0.25, 0.3) is 10.9 Å². The number of hydrogen-bond acceptors (Lipinski definition) is 5. The molecule has 2 N–H and O–H groups in total. The molecular weight excluding hydrogens is 408 g/mol. The van der Waals surface area contributed by atoms with Gasteiger partial charge < -0.3 is 14.8 Å². The molecule has 2 aromatic carbocycles. The normalized spacial score (nSPS) is 12.9. The number of ether oxygens (including phenoxy) is 2. The maximum Gasteiger partial charge on any atom is 0.418 e. The van der Waals surface area contributed by atoms with E-state index in [1.54, 1.807) is 53.2 Å². The summed E-state index contributed by atoms with van der Waals surface area (Å²) in [5, 5.41) is 6.45. The minimum atomic E-state index is -0.645. The van der Waals surface area contributed by atoms with E-state index in [4.69, 9.17) is 9.47 Å². The molecule has 2 heterocycles. The van der Waals surface area contributed by atoms with Gasteiger partial charge in [-0.25, -0.2) is 14.6 Å². The van der Waals surface area contributed by atoms with Crippen molar-refractivity contribution in [3.63, 3.8) is 0 Å². The zero-order valence-electron chi connectivity index (χ0n) is 17.0. The quantitative estimate of drug-likeness (QED) is 0.458. The van der Waals surface area contributed by atoms with Crippen LogP contribution in [0.4, 0.5) is 15.4 Å². The Balaban J connectivity index is 1.26. The van der Waals surface area contributed by atoms with Crippen LogP contribution in [0.5, 0.6) is 17.2 Å². The molecule has 1 fully saturated rings. The van der Waals surface area contributed by atoms with Crippen LogP contribution in [0, 0.1) is 0 Å². The van der Waals surface area contributed by atoms with Crippen molar-refractivity contribution in [1.29, 1.82) is 0 Å². The largest absolute Gasteiger partial charge is 0.457 e. The van der Waals surface area contributed by atoms with Crippen molar-refractivity contribution in [1.82, 2.24) is 14.9 Å². The summed E-state index contributed by atoms with van der Waals surface area (Å²) in [7, 11) is 0. The van der Waals surface area contributed by atoms with Gasteiger partial charge >= 0.3 is 12.1 Å². The smallest absolute Gasteiger partial charge is 0.418 e. The summed E-state index contributed by atoms with van der Waals surface area (Å²) in [5.41, 5.74) is 0.802. The number of anilines is 1. The van der Waals surface area contributed by atoms with Crippen molar-refractivity contribution in [2.24, 2.45) is 0 Å². The lowest BCUT2D eigenvalue weighted by atomic mass is 10.2. The minimum Gasteiger partial charge on any atom is -0.457 e. The molecule has 1 aliphatic rings. The fourth-order valence-electron chi connectivity index (χ4n) is 3.24. The van der Waals surface area contributed by atoms with Crippen molar-refractivity contribution in [2.45, 2.75) is 18.9 Å². The second kappa shape index (κ2) is 8.43. The number of nitrogens with one attached hydrogen (secondary N) is 2. The Labute approximate surface area is 183 Å². The van der Waals surface area contributed by atoms with E-state index in [1.807, 2.05) is 24.3 Å². The van der Waals surface area contributed by atoms with Gasteiger partial charge in [-0.2, -0.15) is 0 Å². The Bertz CT molecular complexity index is 1280. The molecule has 2 aromatic heterocycles. The number of benzene rings is 2. The Hall–Kier alpha value is -4.33. The highest BCUT2D eigenvalue weighted by molar-refractivity contribution is 5.92. The van der Waals surface area contributed by atoms with Crippen LogP contribution in [-0.4, -0.2) is 27.7 Å². The maximum absolute atomic E-state index is 12.4. The van der Waals surface area contributed by atoms with Gasteiger partial charge in [0, 0.05) is 29.9 Å². The molecule has 0 bridgehead atoms. The van der Waals surface area contributed by atoms with Crippen molar-refractivity contribution in [2.75, 3.05) is 5.32 Å². The van der Waals surface area contributed by atoms with Gasteiger partial charge in [-0.1, -0.05) is 18.2 Å². The first-order valence-electron chi connectivity index (χ1n) is 10.2. The van der Waals surface area contributed by atoms with Gasteiger partial charge in [0.2, 0.25) is 0 Å². The summed E-state index contributed by atoms with van der Waals surface area (Å²) in [6.45, 7) is 0. The first-order chi connectivity index (χ1) is 15.6. The van der Waals surface area contributed by atoms with Crippen LogP contribution in [0.3, 0.4) is 0 Å². The Morgan fingerprint density at radius 3 is 2.56 bits per heavy atom. The van der Waals surface area contributed by atoms with Gasteiger partial charge in [-0.3, -0.25) is 9.88 Å². The van der Waals surface area contributed by atoms with E-state index in [2.05, 4.69) is 15.6 Å². The van der Waals surface area contributed by atoms with Crippen molar-refractivity contribution in [3.05, 3.63) is 79.1 Å². The molecule has 0 saturated heterocycles. The lowest BCUT2D eigenvalue weighted by molar-refractivity contribution is 0.215. The van der Waals surface area contributed by atoms with Crippen molar-refractivity contribution < 1.29 is 19.1 Å². The SMILES string of the molecule is O=C(Nc1cc(Oc2ccc3c(ccn3C(=O)NC3CC3)c2)ccn1)Oc1ccccc1. The molecule has 0 atom stereocenters. The highest BCUT2D eigenvalue weighted by Gasteiger charge is 2.24. The fraction of sp³-hybridized carbons (Fsp3) is 0.125. The number of rotatable bonds is 5. The van der Waals surface area contributed by atoms with Crippen molar-refractivity contribution in [3.8, 4) is 17.2 Å². The molecule has 0 unspecified atom stereocenters. The number of para-hydroxylation sites is 1. The van der Waals surface area contributed by atoms with Crippen LogP contribution in [0.2, 0.25) is 0 Å². The number of nitrogens with zero attached hydrogens (tertiary/aromatic N) is 2. The highest BCUT2D eigenvalue weighted by Crippen LogP contribution is 2.28. The topological polar surface area (TPSA) is 94.5 Å². The predicted molar refractivity (Wildman–Crippen MR) is 119 cm³/mol. The van der Waals surface area contributed by atoms with Crippen LogP contribution < -0.4 is 20.1 Å². The zero-order valence-corrected chi connectivity index (χ0v) is 17.0. The molecule has 8 nitrogen and oxygen atoms in total. The van der Waals surface area contributed by atoms with E-state index < -0.39 is 6.09 Å². The molecule has 1 aliphatic carbocycles. The number of amides is 2. The minimum absolute atomic E-state index is 0.122. The second-order valence-corrected chi connectivity index (χ2v) is 7.44. The molecule has 2 amide bonds. The standard InChI is InChI=1S/C24H20N4O4/c29-23(26-17-6-7-17)28-13-11-16-14-19(8-9-21(16)28)31-20-10-12-25-22(15-20)27-24(30)32-18-4-2-1-3-5-18/h1-5,8-15,17H,6-7H2,(H,26,29)(H,25,27,30). The summed E-state index contributed by atoms with van der Waals surface area (Å²) >= 11 is 0. The predicted octanol–water partition coefficient (Wildman–Crippen LogP) is 5.16. The summed E-state index contributed by atoms with van der Waals surface area (Å²) in [4.78, 5) is 28.6. The Kier molecular flexibility index (Phi) is 5.17. The van der Waals surface area contributed by atoms with E-state index in [-0.39, 0.29) is 6.03 Å². The number of pyridine rings is 1. The third kappa shape index (κ3) is 4.54. The van der Waals surface area contributed by atoms with E-state index in [0.717, 1.165) is 23.7 Å². The third-order valence-electron chi connectivity index (χ3n) is 4.94. The van der Waals surface area contributed by atoms with Crippen molar-refractivity contribution >= 4 is 28.8 Å². The molecule has 32 heavy (non-hydrogen) atoms. The average molecular weight is 428 g/mol. The van der Waals surface area contributed by atoms with E-state index in [0.29, 0.717) is 29.1 Å². The monoisotopic (exact) mass is 428 g/mol. The van der Waals surface area contributed by atoms with E-state index in [1.165, 1.54) is 6.20 Å². The summed E-state index contributed by atoms with van der Waals surface area (Å²) in [6, 6.07) is 19.6. The molecule has 0 aliphatic heterocycles. The molecule has 0 radical (unpaired) electrons. The molecule has 1 saturated carbocycles. The Morgan fingerprint density at radius 2 is 1.75 bits per heavy atom. The van der Waals surface area contributed by atoms with Gasteiger partial charge in [0.15, 0.2) is 0 Å². The molecule has 5 rings (SSSR count). The lowest BCUT2D eigenvalue weighted by Gasteiger charge is -2.09. The number of aromatic nitrogens is 2. The first-order valence-corrected chi connectivity index (χ1v) is 10.2. The number of carbonyl (C=O) groups is 2. The van der Waals surface area contributed by atoms with Gasteiger partial charge in [-0.05, 0) is 55.3 Å². The molecule has 4 aromatic rings. The first kappa shape index (κ1) is 19.6. The summed E-state index contributed by atoms with van der Waals surface area (Å²) < 4.78 is 12.7. The van der Waals surface area contributed by atoms with Crippen LogP contribution in [0.15, 0.2) is 79.1 Å². The van der Waals surface area contributed by atoms with Gasteiger partial charge in [0.1, 0.15) is 23.1 Å². The highest BCUT2D eigenvalue weighted by atomic mass is 16.6. The van der Waals surface area contributed by atoms with Gasteiger partial charge in [0.25, 0.3) is 0 Å². The summed E-state index contributed by atoms with van der Waals surface area (Å²) in [5.74, 6) is 1.83. The fourth-order valence-corrected chi connectivity index (χ4v) is 3.24. The van der Waals surface area contributed by atoms with E-state index in [9.17, 15) is 9.59 Å². The van der Waals surface area contributed by atoms with E-state index >= 15 is 0 Å².